The maximum absolute atomic E-state index is 2.51. The average molecular weight is 1630 g/mol. The zero-order valence-corrected chi connectivity index (χ0v) is 70.5. The fourth-order valence-corrected chi connectivity index (χ4v) is 22.4. The van der Waals surface area contributed by atoms with Gasteiger partial charge in [0.1, 0.15) is 0 Å². The molecule has 0 saturated heterocycles. The first-order chi connectivity index (χ1) is 61.7. The Bertz CT molecular complexity index is 8280. The van der Waals surface area contributed by atoms with E-state index in [0.717, 1.165) is 34.1 Å². The zero-order chi connectivity index (χ0) is 82.8. The summed E-state index contributed by atoms with van der Waals surface area (Å²) in [6.45, 7) is 4.73. The molecule has 0 saturated carbocycles. The van der Waals surface area contributed by atoms with Gasteiger partial charge in [-0.2, -0.15) is 0 Å². The van der Waals surface area contributed by atoms with E-state index >= 15 is 0 Å². The van der Waals surface area contributed by atoms with Crippen molar-refractivity contribution in [2.75, 3.05) is 9.80 Å². The van der Waals surface area contributed by atoms with Gasteiger partial charge >= 0.3 is 0 Å². The smallest absolute Gasteiger partial charge is 0.0634 e. The summed E-state index contributed by atoms with van der Waals surface area (Å²) in [4.78, 5) is 4.84. The minimum Gasteiger partial charge on any atom is -0.310 e. The van der Waals surface area contributed by atoms with Gasteiger partial charge in [-0.3, -0.25) is 0 Å². The minimum absolute atomic E-state index is 0.124. The van der Waals surface area contributed by atoms with Crippen LogP contribution in [0.4, 0.5) is 34.1 Å². The van der Waals surface area contributed by atoms with Gasteiger partial charge in [0.05, 0.1) is 22.1 Å². The van der Waals surface area contributed by atoms with E-state index in [1.165, 1.54) is 195 Å². The highest BCUT2D eigenvalue weighted by Crippen LogP contribution is 2.55. The van der Waals surface area contributed by atoms with Crippen molar-refractivity contribution in [3.8, 4) is 78.1 Å². The molecule has 0 N–H and O–H groups in total. The molecule has 25 rings (SSSR count). The fourth-order valence-electron chi connectivity index (χ4n) is 19.9. The second-order valence-electron chi connectivity index (χ2n) is 33.4. The van der Waals surface area contributed by atoms with Gasteiger partial charge in [-0.25, -0.2) is 0 Å². The van der Waals surface area contributed by atoms with Gasteiger partial charge in [0.2, 0.25) is 0 Å². The molecule has 20 aromatic carbocycles. The molecule has 0 radical (unpaired) electrons. The summed E-state index contributed by atoms with van der Waals surface area (Å²) in [5, 5.41) is 15.2. The van der Waals surface area contributed by atoms with E-state index < -0.39 is 0 Å². The lowest BCUT2D eigenvalue weighted by atomic mass is 9.82. The molecule has 0 atom stereocenters. The molecule has 4 nitrogen and oxygen atoms in total. The summed E-state index contributed by atoms with van der Waals surface area (Å²) in [5.41, 5.74) is 31.3. The van der Waals surface area contributed by atoms with Crippen molar-refractivity contribution >= 4 is 162 Å². The third-order valence-corrected chi connectivity index (χ3v) is 28.3. The van der Waals surface area contributed by atoms with Crippen LogP contribution in [-0.4, -0.2) is 9.13 Å². The van der Waals surface area contributed by atoms with Crippen LogP contribution in [0.3, 0.4) is 0 Å². The monoisotopic (exact) mass is 1630 g/mol. The molecule has 588 valence electrons. The lowest BCUT2D eigenvalue weighted by Gasteiger charge is -2.28. The largest absolute Gasteiger partial charge is 0.310 e. The van der Waals surface area contributed by atoms with Gasteiger partial charge in [-0.1, -0.05) is 329 Å². The Morgan fingerprint density at radius 3 is 1.02 bits per heavy atom. The normalized spacial score (nSPS) is 12.3. The van der Waals surface area contributed by atoms with Crippen LogP contribution in [0.2, 0.25) is 0 Å². The van der Waals surface area contributed by atoms with E-state index in [1.54, 1.807) is 0 Å². The van der Waals surface area contributed by atoms with Crippen molar-refractivity contribution in [2.45, 2.75) is 19.3 Å². The van der Waals surface area contributed by atoms with E-state index in [4.69, 9.17) is 0 Å². The highest BCUT2D eigenvalue weighted by atomic mass is 32.1. The summed E-state index contributed by atoms with van der Waals surface area (Å²) in [7, 11) is 0. The molecule has 4 heterocycles. The van der Waals surface area contributed by atoms with E-state index in [-0.39, 0.29) is 5.41 Å². The van der Waals surface area contributed by atoms with Gasteiger partial charge in [0.25, 0.3) is 0 Å². The number of anilines is 6. The molecule has 4 aromatic heterocycles. The lowest BCUT2D eigenvalue weighted by molar-refractivity contribution is 0.660. The average Bonchev–Trinajstić information content (AvgIpc) is 1.55. The van der Waals surface area contributed by atoms with E-state index in [0.29, 0.717) is 0 Å². The van der Waals surface area contributed by atoms with Crippen LogP contribution in [0.5, 0.6) is 0 Å². The van der Waals surface area contributed by atoms with Crippen LogP contribution in [0.1, 0.15) is 25.0 Å². The van der Waals surface area contributed by atoms with Crippen LogP contribution >= 0.6 is 22.7 Å². The Morgan fingerprint density at radius 2 is 0.560 bits per heavy atom. The standard InChI is InChI=1S/C61H42N2S.C58H38N2S/c1-61(2)54-24-11-8-21-48(54)49-34-33-47(37-55(49)61)62(44-30-27-41(28-31-44)39-15-4-3-5-16-39)45-20-14-19-43(36-45)52-38-53-50-22-9-12-25-56(50)63(46-32-29-40-17-6-7-18-42(40)35-46)59(53)58-51-23-10-13-26-57(51)64-60(52)58;1-3-14-39(15-4-1)42-26-31-46(32-27-42)59(47-33-28-43(29-34-47)40-16-5-2-6-17-40)48-21-13-20-45(37-48)52-38-53-50-22-9-11-24-54(50)60(49-35-30-41-18-7-8-19-44(41)36-49)57(53)56-51-23-10-12-25-55(51)61-58(52)56/h3-38H,1-2H3;1-38H. The summed E-state index contributed by atoms with van der Waals surface area (Å²) >= 11 is 3.79. The van der Waals surface area contributed by atoms with Gasteiger partial charge in [0.15, 0.2) is 0 Å². The second kappa shape index (κ2) is 30.0. The second-order valence-corrected chi connectivity index (χ2v) is 35.5. The molecular formula is C119H80N4S2. The number of hydrogen-bond donors (Lipinski definition) is 0. The van der Waals surface area contributed by atoms with E-state index in [1.807, 2.05) is 22.7 Å². The van der Waals surface area contributed by atoms with Gasteiger partial charge < -0.3 is 18.9 Å². The van der Waals surface area contributed by atoms with Crippen molar-refractivity contribution in [3.05, 3.63) is 460 Å². The van der Waals surface area contributed by atoms with Crippen LogP contribution in [0.25, 0.3) is 184 Å². The van der Waals surface area contributed by atoms with Gasteiger partial charge in [-0.15, -0.1) is 22.7 Å². The molecule has 1 aliphatic rings. The number of aromatic nitrogens is 2. The third kappa shape index (κ3) is 12.5. The van der Waals surface area contributed by atoms with E-state index in [2.05, 4.69) is 482 Å². The van der Waals surface area contributed by atoms with Crippen molar-refractivity contribution in [1.82, 2.24) is 9.13 Å². The summed E-state index contributed by atoms with van der Waals surface area (Å²) < 4.78 is 10.2. The maximum atomic E-state index is 2.51. The number of fused-ring (bicyclic) bond motifs is 19. The van der Waals surface area contributed by atoms with Gasteiger partial charge in [-0.05, 0) is 222 Å². The molecule has 0 spiro atoms. The quantitative estimate of drug-likeness (QED) is 0.114. The first kappa shape index (κ1) is 73.5. The number of rotatable bonds is 13. The Morgan fingerprint density at radius 1 is 0.216 bits per heavy atom. The van der Waals surface area contributed by atoms with E-state index in [9.17, 15) is 0 Å². The molecule has 0 bridgehead atoms. The van der Waals surface area contributed by atoms with Crippen LogP contribution in [0, 0.1) is 0 Å². The Hall–Kier alpha value is -15.4. The molecule has 125 heavy (non-hydrogen) atoms. The van der Waals surface area contributed by atoms with Crippen LogP contribution in [-0.2, 0) is 5.41 Å². The van der Waals surface area contributed by atoms with Crippen molar-refractivity contribution in [1.29, 1.82) is 0 Å². The molecule has 0 aliphatic heterocycles. The SMILES string of the molecule is CC1(C)c2ccccc2-c2ccc(N(c3ccc(-c4ccccc4)cc3)c3cccc(-c4cc5c6ccccc6n(-c6ccc7ccccc7c6)c5c5c4sc4ccccc45)c3)cc21.c1ccc(-c2ccc(N(c3ccc(-c4ccccc4)cc3)c3cccc(-c4cc5c6ccccc6n(-c6ccc7ccccc7c6)c5c5c4sc4ccccc45)c3)cc2)cc1. The number of nitrogens with zero attached hydrogens (tertiary/aromatic N) is 4. The van der Waals surface area contributed by atoms with Crippen LogP contribution < -0.4 is 9.80 Å². The summed E-state index contributed by atoms with van der Waals surface area (Å²) in [6, 6.07) is 165. The molecule has 6 heteroatoms. The Kier molecular flexibility index (Phi) is 17.6. The highest BCUT2D eigenvalue weighted by Gasteiger charge is 2.36. The minimum atomic E-state index is -0.124. The molecule has 24 aromatic rings. The zero-order valence-electron chi connectivity index (χ0n) is 68.8. The number of para-hydroxylation sites is 2. The molecule has 0 fully saturated rings. The predicted octanol–water partition coefficient (Wildman–Crippen LogP) is 34.2. The summed E-state index contributed by atoms with van der Waals surface area (Å²) in [5.74, 6) is 0. The number of thiophene rings is 2. The topological polar surface area (TPSA) is 16.3 Å². The Labute approximate surface area is 733 Å². The predicted molar refractivity (Wildman–Crippen MR) is 536 cm³/mol. The summed E-state index contributed by atoms with van der Waals surface area (Å²) in [6.07, 6.45) is 0. The maximum Gasteiger partial charge on any atom is 0.0634 e. The van der Waals surface area contributed by atoms with Gasteiger partial charge in [0, 0.05) is 124 Å². The number of hydrogen-bond acceptors (Lipinski definition) is 4. The molecule has 0 unspecified atom stereocenters. The first-order valence-electron chi connectivity index (χ1n) is 43.0. The van der Waals surface area contributed by atoms with Crippen molar-refractivity contribution < 1.29 is 0 Å². The first-order valence-corrected chi connectivity index (χ1v) is 44.6. The molecule has 1 aliphatic carbocycles. The van der Waals surface area contributed by atoms with Crippen molar-refractivity contribution in [3.63, 3.8) is 0 Å². The highest BCUT2D eigenvalue weighted by molar-refractivity contribution is 7.27. The molecular weight excluding hydrogens is 1550 g/mol. The molecule has 0 amide bonds. The number of benzene rings is 20. The van der Waals surface area contributed by atoms with Crippen LogP contribution in [0.15, 0.2) is 449 Å². The lowest BCUT2D eigenvalue weighted by Crippen LogP contribution is -2.16. The fraction of sp³-hybridized carbons (Fsp3) is 0.0252. The Balaban J connectivity index is 0.000000140. The third-order valence-electron chi connectivity index (χ3n) is 25.9. The van der Waals surface area contributed by atoms with Crippen molar-refractivity contribution in [2.24, 2.45) is 0 Å².